The first kappa shape index (κ1) is 33.7. The maximum atomic E-state index is 14.5. The number of likely N-dealkylation sites (tertiary alicyclic amines) is 1. The number of amides is 3. The second-order valence-corrected chi connectivity index (χ2v) is 11.4. The molecule has 3 rings (SSSR count). The van der Waals surface area contributed by atoms with Crippen LogP contribution in [0.2, 0.25) is 0 Å². The first-order chi connectivity index (χ1) is 19.9. The van der Waals surface area contributed by atoms with Gasteiger partial charge in [0.1, 0.15) is 17.5 Å². The molecule has 2 saturated heterocycles. The Morgan fingerprint density at radius 1 is 1.07 bits per heavy atom. The van der Waals surface area contributed by atoms with Crippen molar-refractivity contribution in [2.45, 2.75) is 70.3 Å². The number of halogens is 6. The Morgan fingerprint density at radius 3 is 2.30 bits per heavy atom. The molecule has 2 unspecified atom stereocenters. The van der Waals surface area contributed by atoms with Gasteiger partial charge in [-0.15, -0.1) is 0 Å². The average Bonchev–Trinajstić information content (AvgIpc) is 3.37. The van der Waals surface area contributed by atoms with E-state index in [0.29, 0.717) is 18.6 Å². The van der Waals surface area contributed by atoms with E-state index in [1.807, 2.05) is 0 Å². The predicted octanol–water partition coefficient (Wildman–Crippen LogP) is 4.17. The number of hydrogen-bond acceptors (Lipinski definition) is 5. The first-order valence-electron chi connectivity index (χ1n) is 13.6. The van der Waals surface area contributed by atoms with Crippen LogP contribution in [-0.2, 0) is 20.7 Å². The molecule has 3 amide bonds. The maximum absolute atomic E-state index is 14.5. The van der Waals surface area contributed by atoms with Gasteiger partial charge in [-0.05, 0) is 51.7 Å². The summed E-state index contributed by atoms with van der Waals surface area (Å²) in [5.74, 6) is -6.26. The standard InChI is InChI=1S/C28H35F6N5O4/c1-16-15-37(9-10-38(16)25(35-5)28(32,33)34)23(40)13-18(11-17-12-20(30)21(31)14-19(17)29)36-24(41)22-7-6-8-39(22)26(42)43-27(2,3)4/h12,14,18,22H,1,6-11,13,15H2,2-5H3,(H,36,41). The van der Waals surface area contributed by atoms with Gasteiger partial charge in [0.2, 0.25) is 17.6 Å². The van der Waals surface area contributed by atoms with Gasteiger partial charge in [-0.3, -0.25) is 19.5 Å². The number of ether oxygens (including phenoxy) is 1. The summed E-state index contributed by atoms with van der Waals surface area (Å²) in [7, 11) is 0.993. The number of benzene rings is 1. The molecular formula is C28H35F6N5O4. The smallest absolute Gasteiger partial charge is 0.444 e. The normalized spacial score (nSPS) is 19.0. The van der Waals surface area contributed by atoms with E-state index in [-0.39, 0.29) is 43.9 Å². The Hall–Kier alpha value is -3.78. The molecule has 1 N–H and O–H groups in total. The van der Waals surface area contributed by atoms with Crippen LogP contribution in [0.15, 0.2) is 29.4 Å². The van der Waals surface area contributed by atoms with E-state index in [2.05, 4.69) is 16.9 Å². The highest BCUT2D eigenvalue weighted by atomic mass is 19.4. The van der Waals surface area contributed by atoms with E-state index >= 15 is 0 Å². The molecule has 1 aromatic carbocycles. The summed E-state index contributed by atoms with van der Waals surface area (Å²) in [6.07, 6.45) is -5.54. The van der Waals surface area contributed by atoms with Gasteiger partial charge in [-0.2, -0.15) is 13.2 Å². The van der Waals surface area contributed by atoms with E-state index in [9.17, 15) is 40.7 Å². The molecule has 15 heteroatoms. The van der Waals surface area contributed by atoms with Crippen LogP contribution in [0, 0.1) is 17.5 Å². The number of amidine groups is 1. The van der Waals surface area contributed by atoms with Gasteiger partial charge in [-0.1, -0.05) is 6.58 Å². The fourth-order valence-electron chi connectivity index (χ4n) is 5.01. The molecule has 2 heterocycles. The van der Waals surface area contributed by atoms with Gasteiger partial charge in [0, 0.05) is 50.9 Å². The van der Waals surface area contributed by atoms with Crippen LogP contribution in [0.4, 0.5) is 31.1 Å². The number of nitrogens with zero attached hydrogens (tertiary/aromatic N) is 4. The minimum atomic E-state index is -4.73. The molecule has 2 atom stereocenters. The van der Waals surface area contributed by atoms with Crippen LogP contribution >= 0.6 is 0 Å². The zero-order valence-corrected chi connectivity index (χ0v) is 24.4. The van der Waals surface area contributed by atoms with Gasteiger partial charge < -0.3 is 19.9 Å². The van der Waals surface area contributed by atoms with Crippen LogP contribution in [0.25, 0.3) is 0 Å². The Balaban J connectivity index is 1.79. The molecule has 9 nitrogen and oxygen atoms in total. The molecule has 0 radical (unpaired) electrons. The lowest BCUT2D eigenvalue weighted by Crippen LogP contribution is -2.54. The van der Waals surface area contributed by atoms with Crippen molar-refractivity contribution in [1.82, 2.24) is 20.0 Å². The molecule has 43 heavy (non-hydrogen) atoms. The summed E-state index contributed by atoms with van der Waals surface area (Å²) in [6, 6.07) is -1.13. The molecule has 2 aliphatic rings. The monoisotopic (exact) mass is 619 g/mol. The SMILES string of the molecule is C=C1CN(C(=O)CC(Cc2cc(F)c(F)cc2F)NC(=O)C2CCCN2C(=O)OC(C)(C)C)CCN1C(=NC)C(F)(F)F. The van der Waals surface area contributed by atoms with E-state index < -0.39 is 77.9 Å². The van der Waals surface area contributed by atoms with Crippen LogP contribution in [0.3, 0.4) is 0 Å². The van der Waals surface area contributed by atoms with Crippen molar-refractivity contribution in [1.29, 1.82) is 0 Å². The van der Waals surface area contributed by atoms with Crippen molar-refractivity contribution in [3.05, 3.63) is 47.4 Å². The van der Waals surface area contributed by atoms with E-state index in [4.69, 9.17) is 4.74 Å². The summed E-state index contributed by atoms with van der Waals surface area (Å²) in [5, 5.41) is 2.63. The van der Waals surface area contributed by atoms with Crippen LogP contribution in [0.1, 0.15) is 45.6 Å². The summed E-state index contributed by atoms with van der Waals surface area (Å²) in [5.41, 5.74) is -1.17. The molecule has 0 aliphatic carbocycles. The summed E-state index contributed by atoms with van der Waals surface area (Å²) < 4.78 is 87.5. The third-order valence-electron chi connectivity index (χ3n) is 6.93. The number of hydrogen-bond donors (Lipinski definition) is 1. The Morgan fingerprint density at radius 2 is 1.72 bits per heavy atom. The number of carbonyl (C=O) groups excluding carboxylic acids is 3. The summed E-state index contributed by atoms with van der Waals surface area (Å²) in [4.78, 5) is 45.9. The summed E-state index contributed by atoms with van der Waals surface area (Å²) in [6.45, 7) is 8.22. The third-order valence-corrected chi connectivity index (χ3v) is 6.93. The fourth-order valence-corrected chi connectivity index (χ4v) is 5.01. The molecule has 0 bridgehead atoms. The van der Waals surface area contributed by atoms with E-state index in [1.165, 1.54) is 9.80 Å². The second-order valence-electron chi connectivity index (χ2n) is 11.4. The average molecular weight is 620 g/mol. The molecule has 2 fully saturated rings. The van der Waals surface area contributed by atoms with Crippen LogP contribution in [0.5, 0.6) is 0 Å². The molecule has 238 valence electrons. The van der Waals surface area contributed by atoms with Gasteiger partial charge in [0.25, 0.3) is 0 Å². The van der Waals surface area contributed by atoms with Crippen LogP contribution < -0.4 is 5.32 Å². The topological polar surface area (TPSA) is 94.5 Å². The van der Waals surface area contributed by atoms with E-state index in [0.717, 1.165) is 11.9 Å². The number of rotatable bonds is 6. The van der Waals surface area contributed by atoms with Crippen molar-refractivity contribution in [3.63, 3.8) is 0 Å². The molecular weight excluding hydrogens is 584 g/mol. The fraction of sp³-hybridized carbons (Fsp3) is 0.571. The Labute approximate surface area is 245 Å². The minimum Gasteiger partial charge on any atom is -0.444 e. The molecule has 0 aromatic heterocycles. The highest BCUT2D eigenvalue weighted by Crippen LogP contribution is 2.26. The number of aliphatic imine (C=N–C) groups is 1. The number of carbonyl (C=O) groups is 3. The highest BCUT2D eigenvalue weighted by molar-refractivity contribution is 5.90. The van der Waals surface area contributed by atoms with Gasteiger partial charge in [0.05, 0.1) is 6.54 Å². The minimum absolute atomic E-state index is 0.0382. The lowest BCUT2D eigenvalue weighted by atomic mass is 10.0. The molecule has 0 spiro atoms. The number of alkyl halides is 3. The zero-order valence-electron chi connectivity index (χ0n) is 24.4. The van der Waals surface area contributed by atoms with Gasteiger partial charge in [-0.25, -0.2) is 18.0 Å². The van der Waals surface area contributed by atoms with Crippen LogP contribution in [-0.4, -0.2) is 95.5 Å². The van der Waals surface area contributed by atoms with Crippen molar-refractivity contribution in [2.75, 3.05) is 33.2 Å². The zero-order chi connectivity index (χ0) is 32.3. The number of nitrogens with one attached hydrogen (secondary N) is 1. The number of piperazine rings is 1. The molecule has 0 saturated carbocycles. The summed E-state index contributed by atoms with van der Waals surface area (Å²) >= 11 is 0. The largest absolute Gasteiger partial charge is 0.449 e. The van der Waals surface area contributed by atoms with Gasteiger partial charge >= 0.3 is 12.3 Å². The highest BCUT2D eigenvalue weighted by Gasteiger charge is 2.42. The molecule has 1 aromatic rings. The maximum Gasteiger partial charge on any atom is 0.449 e. The first-order valence-corrected chi connectivity index (χ1v) is 13.6. The van der Waals surface area contributed by atoms with E-state index in [1.54, 1.807) is 20.8 Å². The van der Waals surface area contributed by atoms with Crippen molar-refractivity contribution in [2.24, 2.45) is 4.99 Å². The molecule has 2 aliphatic heterocycles. The quantitative estimate of drug-likeness (QED) is 0.223. The predicted molar refractivity (Wildman–Crippen MR) is 144 cm³/mol. The lowest BCUT2D eigenvalue weighted by molar-refractivity contribution is -0.133. The Kier molecular flexibility index (Phi) is 10.4. The van der Waals surface area contributed by atoms with Crippen molar-refractivity contribution in [3.8, 4) is 0 Å². The third kappa shape index (κ3) is 8.63. The lowest BCUT2D eigenvalue weighted by Gasteiger charge is -2.38. The van der Waals surface area contributed by atoms with Crippen molar-refractivity contribution < 1.29 is 45.5 Å². The Bertz CT molecular complexity index is 1280. The van der Waals surface area contributed by atoms with Gasteiger partial charge in [0.15, 0.2) is 11.6 Å². The van der Waals surface area contributed by atoms with Crippen molar-refractivity contribution >= 4 is 23.7 Å². The second kappa shape index (κ2) is 13.2.